The number of benzene rings is 1. The molecule has 0 atom stereocenters. The Morgan fingerprint density at radius 3 is 2.74 bits per heavy atom. The molecule has 7 nitrogen and oxygen atoms in total. The van der Waals surface area contributed by atoms with Crippen LogP contribution in [0.2, 0.25) is 0 Å². The topological polar surface area (TPSA) is 85.8 Å². The van der Waals surface area contributed by atoms with E-state index in [1.807, 2.05) is 54.8 Å². The summed E-state index contributed by atoms with van der Waals surface area (Å²) in [5.41, 5.74) is 4.38. The van der Waals surface area contributed by atoms with Crippen molar-refractivity contribution in [2.24, 2.45) is 0 Å². The van der Waals surface area contributed by atoms with Crippen LogP contribution in [0.5, 0.6) is 0 Å². The van der Waals surface area contributed by atoms with E-state index in [-0.39, 0.29) is 5.91 Å². The fourth-order valence-corrected chi connectivity index (χ4v) is 3.07. The highest BCUT2D eigenvalue weighted by Gasteiger charge is 2.12. The molecule has 3 aromatic heterocycles. The van der Waals surface area contributed by atoms with E-state index in [2.05, 4.69) is 20.4 Å². The Morgan fingerprint density at radius 1 is 1.15 bits per heavy atom. The molecule has 1 N–H and O–H groups in total. The number of rotatable bonds is 5. The number of fused-ring (bicyclic) bond motifs is 1. The summed E-state index contributed by atoms with van der Waals surface area (Å²) in [6, 6.07) is 11.6. The second-order valence-corrected chi connectivity index (χ2v) is 6.36. The molecule has 0 radical (unpaired) electrons. The lowest BCUT2D eigenvalue weighted by molar-refractivity contribution is -0.116. The smallest absolute Gasteiger partial charge is 0.224 e. The largest absolute Gasteiger partial charge is 0.361 e. The van der Waals surface area contributed by atoms with Crippen molar-refractivity contribution in [2.45, 2.75) is 26.7 Å². The molecular formula is C20H19N5O2. The van der Waals surface area contributed by atoms with Gasteiger partial charge < -0.3 is 9.84 Å². The summed E-state index contributed by atoms with van der Waals surface area (Å²) in [4.78, 5) is 21.0. The van der Waals surface area contributed by atoms with Gasteiger partial charge in [-0.2, -0.15) is 0 Å². The van der Waals surface area contributed by atoms with E-state index in [4.69, 9.17) is 4.52 Å². The van der Waals surface area contributed by atoms with Crippen LogP contribution in [0.15, 0.2) is 53.4 Å². The van der Waals surface area contributed by atoms with Crippen molar-refractivity contribution in [3.05, 3.63) is 65.9 Å². The Hall–Kier alpha value is -3.48. The lowest BCUT2D eigenvalue weighted by Gasteiger charge is -2.07. The molecule has 27 heavy (non-hydrogen) atoms. The highest BCUT2D eigenvalue weighted by molar-refractivity contribution is 5.90. The number of aryl methyl sites for hydroxylation is 2. The number of carbonyl (C=O) groups excluding carboxylic acids is 1. The second kappa shape index (κ2) is 7.03. The molecule has 4 rings (SSSR count). The molecule has 1 aromatic carbocycles. The number of para-hydroxylation sites is 2. The Kier molecular flexibility index (Phi) is 4.42. The molecule has 0 spiro atoms. The maximum absolute atomic E-state index is 12.2. The van der Waals surface area contributed by atoms with Crippen molar-refractivity contribution in [3.63, 3.8) is 0 Å². The van der Waals surface area contributed by atoms with Crippen molar-refractivity contribution in [1.82, 2.24) is 19.7 Å². The molecule has 136 valence electrons. The van der Waals surface area contributed by atoms with Crippen molar-refractivity contribution in [2.75, 3.05) is 5.32 Å². The van der Waals surface area contributed by atoms with Crippen molar-refractivity contribution in [3.8, 4) is 5.82 Å². The van der Waals surface area contributed by atoms with Crippen LogP contribution in [-0.4, -0.2) is 25.6 Å². The molecule has 0 unspecified atom stereocenters. The minimum atomic E-state index is -0.0716. The summed E-state index contributed by atoms with van der Waals surface area (Å²) < 4.78 is 7.04. The molecule has 4 aromatic rings. The van der Waals surface area contributed by atoms with E-state index < -0.39 is 0 Å². The van der Waals surface area contributed by atoms with Gasteiger partial charge in [-0.05, 0) is 44.5 Å². The van der Waals surface area contributed by atoms with Gasteiger partial charge in [-0.1, -0.05) is 17.3 Å². The van der Waals surface area contributed by atoms with Crippen molar-refractivity contribution in [1.29, 1.82) is 0 Å². The predicted molar refractivity (Wildman–Crippen MR) is 102 cm³/mol. The lowest BCUT2D eigenvalue weighted by Crippen LogP contribution is -2.13. The predicted octanol–water partition coefficient (Wildman–Crippen LogP) is 3.60. The van der Waals surface area contributed by atoms with E-state index in [0.717, 1.165) is 33.9 Å². The van der Waals surface area contributed by atoms with Gasteiger partial charge in [0.25, 0.3) is 0 Å². The SMILES string of the molecule is Cc1noc(C)c1CCC(=O)Nc1ccc(-n2cnc3ccccc32)nc1. The summed E-state index contributed by atoms with van der Waals surface area (Å²) >= 11 is 0. The first kappa shape index (κ1) is 17.0. The van der Waals surface area contributed by atoms with Gasteiger partial charge in [-0.3, -0.25) is 9.36 Å². The Morgan fingerprint density at radius 2 is 2.00 bits per heavy atom. The van der Waals surface area contributed by atoms with E-state index in [0.29, 0.717) is 18.5 Å². The number of carbonyl (C=O) groups is 1. The van der Waals surface area contributed by atoms with Crippen molar-refractivity contribution >= 4 is 22.6 Å². The zero-order valence-corrected chi connectivity index (χ0v) is 15.1. The number of hydrogen-bond donors (Lipinski definition) is 1. The third-order valence-corrected chi connectivity index (χ3v) is 4.52. The molecule has 0 aliphatic carbocycles. The van der Waals surface area contributed by atoms with Gasteiger partial charge in [0, 0.05) is 12.0 Å². The minimum absolute atomic E-state index is 0.0716. The quantitative estimate of drug-likeness (QED) is 0.587. The highest BCUT2D eigenvalue weighted by Crippen LogP contribution is 2.18. The number of anilines is 1. The van der Waals surface area contributed by atoms with E-state index in [9.17, 15) is 4.79 Å². The molecule has 3 heterocycles. The molecule has 7 heteroatoms. The maximum atomic E-state index is 12.2. The normalized spacial score (nSPS) is 11.0. The molecule has 0 aliphatic rings. The number of pyridine rings is 1. The Labute approximate surface area is 156 Å². The van der Waals surface area contributed by atoms with E-state index in [1.165, 1.54) is 0 Å². The molecule has 0 saturated heterocycles. The number of amides is 1. The number of hydrogen-bond acceptors (Lipinski definition) is 5. The van der Waals surface area contributed by atoms with Crippen molar-refractivity contribution < 1.29 is 9.32 Å². The molecule has 1 amide bonds. The summed E-state index contributed by atoms with van der Waals surface area (Å²) in [6.45, 7) is 3.74. The van der Waals surface area contributed by atoms with Gasteiger partial charge in [0.2, 0.25) is 5.91 Å². The van der Waals surface area contributed by atoms with E-state index in [1.54, 1.807) is 12.5 Å². The van der Waals surface area contributed by atoms with Gasteiger partial charge in [0.1, 0.15) is 17.9 Å². The van der Waals surface area contributed by atoms with Crippen LogP contribution in [0.3, 0.4) is 0 Å². The Balaban J connectivity index is 1.42. The molecule has 0 fully saturated rings. The summed E-state index contributed by atoms with van der Waals surface area (Å²) in [7, 11) is 0. The van der Waals surface area contributed by atoms with Gasteiger partial charge in [-0.25, -0.2) is 9.97 Å². The first-order valence-electron chi connectivity index (χ1n) is 8.72. The first-order valence-corrected chi connectivity index (χ1v) is 8.72. The zero-order valence-electron chi connectivity index (χ0n) is 15.1. The van der Waals surface area contributed by atoms with Crippen LogP contribution >= 0.6 is 0 Å². The van der Waals surface area contributed by atoms with E-state index >= 15 is 0 Å². The second-order valence-electron chi connectivity index (χ2n) is 6.36. The van der Waals surface area contributed by atoms with Gasteiger partial charge in [0.05, 0.1) is 28.6 Å². The van der Waals surface area contributed by atoms with Gasteiger partial charge in [-0.15, -0.1) is 0 Å². The number of imidazole rings is 1. The molecule has 0 bridgehead atoms. The van der Waals surface area contributed by atoms with Gasteiger partial charge in [0.15, 0.2) is 0 Å². The summed E-state index contributed by atoms with van der Waals surface area (Å²) in [5, 5.41) is 6.79. The van der Waals surface area contributed by atoms with Gasteiger partial charge >= 0.3 is 0 Å². The third-order valence-electron chi connectivity index (χ3n) is 4.52. The molecule has 0 saturated carbocycles. The number of aromatic nitrogens is 4. The lowest BCUT2D eigenvalue weighted by atomic mass is 10.1. The van der Waals surface area contributed by atoms with Crippen LogP contribution < -0.4 is 5.32 Å². The van der Waals surface area contributed by atoms with Crippen LogP contribution in [-0.2, 0) is 11.2 Å². The monoisotopic (exact) mass is 361 g/mol. The average Bonchev–Trinajstić information content (AvgIpc) is 3.24. The standard InChI is InChI=1S/C20H19N5O2/c1-13-16(14(2)27-24-13)8-10-20(26)23-15-7-9-19(21-11-15)25-12-22-17-5-3-4-6-18(17)25/h3-7,9,11-12H,8,10H2,1-2H3,(H,23,26). The zero-order chi connectivity index (χ0) is 18.8. The fourth-order valence-electron chi connectivity index (χ4n) is 3.07. The molecule has 0 aliphatic heterocycles. The van der Waals surface area contributed by atoms with Crippen LogP contribution in [0.1, 0.15) is 23.4 Å². The average molecular weight is 361 g/mol. The van der Waals surface area contributed by atoms with Crippen LogP contribution in [0.25, 0.3) is 16.9 Å². The van der Waals surface area contributed by atoms with Crippen LogP contribution in [0, 0.1) is 13.8 Å². The Bertz CT molecular complexity index is 1080. The maximum Gasteiger partial charge on any atom is 0.224 e. The van der Waals surface area contributed by atoms with Crippen LogP contribution in [0.4, 0.5) is 5.69 Å². The third kappa shape index (κ3) is 3.44. The highest BCUT2D eigenvalue weighted by atomic mass is 16.5. The summed E-state index contributed by atoms with van der Waals surface area (Å²) in [6.07, 6.45) is 4.35. The molecular weight excluding hydrogens is 342 g/mol. The summed E-state index contributed by atoms with van der Waals surface area (Å²) in [5.74, 6) is 1.44. The minimum Gasteiger partial charge on any atom is -0.361 e. The number of nitrogens with zero attached hydrogens (tertiary/aromatic N) is 4. The first-order chi connectivity index (χ1) is 13.1. The number of nitrogens with one attached hydrogen (secondary N) is 1. The fraction of sp³-hybridized carbons (Fsp3) is 0.200.